The summed E-state index contributed by atoms with van der Waals surface area (Å²) in [4.78, 5) is 24.8. The Kier molecular flexibility index (Phi) is 4.03. The van der Waals surface area contributed by atoms with Gasteiger partial charge in [-0.05, 0) is 18.4 Å². The van der Waals surface area contributed by atoms with Crippen LogP contribution in [0.1, 0.15) is 17.3 Å². The average molecular weight is 271 g/mol. The van der Waals surface area contributed by atoms with E-state index >= 15 is 0 Å². The van der Waals surface area contributed by atoms with Gasteiger partial charge in [-0.15, -0.1) is 0 Å². The molecule has 0 N–H and O–H groups in total. The van der Waals surface area contributed by atoms with Gasteiger partial charge in [0, 0.05) is 19.5 Å². The number of rotatable bonds is 4. The molecule has 0 heterocycles. The maximum absolute atomic E-state index is 11.7. The zero-order valence-electron chi connectivity index (χ0n) is 11.8. The number of benzene rings is 2. The molecule has 0 radical (unpaired) electrons. The van der Waals surface area contributed by atoms with Crippen molar-refractivity contribution in [2.24, 2.45) is 0 Å². The fourth-order valence-corrected chi connectivity index (χ4v) is 1.94. The van der Waals surface area contributed by atoms with Gasteiger partial charge in [0.2, 0.25) is 0 Å². The highest BCUT2D eigenvalue weighted by Gasteiger charge is 2.14. The first kappa shape index (κ1) is 14.1. The largest absolute Gasteiger partial charge is 0.482 e. The third-order valence-electron chi connectivity index (χ3n) is 3.10. The van der Waals surface area contributed by atoms with Gasteiger partial charge < -0.3 is 9.64 Å². The molecule has 0 fully saturated rings. The zero-order chi connectivity index (χ0) is 14.7. The highest BCUT2D eigenvalue weighted by molar-refractivity contribution is 6.03. The lowest BCUT2D eigenvalue weighted by molar-refractivity contribution is -0.130. The van der Waals surface area contributed by atoms with E-state index in [4.69, 9.17) is 4.74 Å². The second-order valence-corrected chi connectivity index (χ2v) is 4.80. The lowest BCUT2D eigenvalue weighted by atomic mass is 10.0. The van der Waals surface area contributed by atoms with E-state index in [0.29, 0.717) is 11.3 Å². The van der Waals surface area contributed by atoms with Gasteiger partial charge in [-0.25, -0.2) is 0 Å². The van der Waals surface area contributed by atoms with Gasteiger partial charge in [-0.3, -0.25) is 9.59 Å². The Morgan fingerprint density at radius 2 is 1.80 bits per heavy atom. The Morgan fingerprint density at radius 3 is 2.45 bits per heavy atom. The van der Waals surface area contributed by atoms with Crippen molar-refractivity contribution < 1.29 is 14.3 Å². The molecule has 0 aromatic heterocycles. The summed E-state index contributed by atoms with van der Waals surface area (Å²) in [6.07, 6.45) is 0. The van der Waals surface area contributed by atoms with Gasteiger partial charge in [0.1, 0.15) is 5.75 Å². The summed E-state index contributed by atoms with van der Waals surface area (Å²) in [5.74, 6) is 0.251. The quantitative estimate of drug-likeness (QED) is 0.803. The second kappa shape index (κ2) is 5.74. The molecular formula is C16H17NO3. The van der Waals surface area contributed by atoms with E-state index in [-0.39, 0.29) is 18.3 Å². The monoisotopic (exact) mass is 271 g/mol. The average Bonchev–Trinajstić information content (AvgIpc) is 2.43. The summed E-state index contributed by atoms with van der Waals surface area (Å²) in [5.41, 5.74) is 0.496. The molecule has 0 aliphatic carbocycles. The number of Topliss-reactive ketones (excluding diaryl/α,β-unsaturated/α-hetero) is 1. The summed E-state index contributed by atoms with van der Waals surface area (Å²) in [6.45, 7) is 1.41. The Morgan fingerprint density at radius 1 is 1.10 bits per heavy atom. The van der Waals surface area contributed by atoms with Crippen LogP contribution < -0.4 is 4.74 Å². The van der Waals surface area contributed by atoms with Crippen LogP contribution in [-0.4, -0.2) is 37.3 Å². The van der Waals surface area contributed by atoms with Gasteiger partial charge in [0.25, 0.3) is 5.91 Å². The second-order valence-electron chi connectivity index (χ2n) is 4.80. The van der Waals surface area contributed by atoms with E-state index in [0.717, 1.165) is 10.8 Å². The molecule has 2 rings (SSSR count). The highest BCUT2D eigenvalue weighted by atomic mass is 16.5. The Hall–Kier alpha value is -2.36. The minimum atomic E-state index is -0.146. The summed E-state index contributed by atoms with van der Waals surface area (Å²) in [5, 5.41) is 1.82. The van der Waals surface area contributed by atoms with Crippen LogP contribution in [0.4, 0.5) is 0 Å². The summed E-state index contributed by atoms with van der Waals surface area (Å²) < 4.78 is 5.62. The van der Waals surface area contributed by atoms with Crippen LogP contribution in [0.5, 0.6) is 5.75 Å². The maximum Gasteiger partial charge on any atom is 0.259 e. The number of hydrogen-bond donors (Lipinski definition) is 0. The highest BCUT2D eigenvalue weighted by Crippen LogP contribution is 2.30. The van der Waals surface area contributed by atoms with Gasteiger partial charge in [0.05, 0.1) is 5.56 Å². The van der Waals surface area contributed by atoms with Crippen molar-refractivity contribution in [3.05, 3.63) is 42.0 Å². The minimum absolute atomic E-state index is 0.0805. The number of carbonyl (C=O) groups excluding carboxylic acids is 2. The minimum Gasteiger partial charge on any atom is -0.482 e. The molecule has 2 aromatic rings. The third kappa shape index (κ3) is 2.79. The first-order valence-corrected chi connectivity index (χ1v) is 6.36. The van der Waals surface area contributed by atoms with Crippen LogP contribution in [0.3, 0.4) is 0 Å². The first-order valence-electron chi connectivity index (χ1n) is 6.36. The molecule has 0 unspecified atom stereocenters. The van der Waals surface area contributed by atoms with Crippen molar-refractivity contribution in [1.29, 1.82) is 0 Å². The molecule has 4 heteroatoms. The molecule has 1 amide bonds. The van der Waals surface area contributed by atoms with Crippen molar-refractivity contribution in [2.45, 2.75) is 6.92 Å². The van der Waals surface area contributed by atoms with Crippen LogP contribution in [-0.2, 0) is 4.79 Å². The van der Waals surface area contributed by atoms with E-state index in [2.05, 4.69) is 0 Å². The number of fused-ring (bicyclic) bond motifs is 1. The number of nitrogens with zero attached hydrogens (tertiary/aromatic N) is 1. The van der Waals surface area contributed by atoms with E-state index in [9.17, 15) is 9.59 Å². The Bertz CT molecular complexity index is 662. The van der Waals surface area contributed by atoms with Crippen LogP contribution >= 0.6 is 0 Å². The van der Waals surface area contributed by atoms with Gasteiger partial charge in [-0.2, -0.15) is 0 Å². The Labute approximate surface area is 117 Å². The number of ketones is 1. The van der Waals surface area contributed by atoms with Crippen LogP contribution in [0, 0.1) is 0 Å². The fourth-order valence-electron chi connectivity index (χ4n) is 1.94. The molecule has 0 aliphatic rings. The predicted molar refractivity (Wildman–Crippen MR) is 78.1 cm³/mol. The van der Waals surface area contributed by atoms with Crippen molar-refractivity contribution >= 4 is 22.5 Å². The molecule has 2 aromatic carbocycles. The number of likely N-dealkylation sites (N-methyl/N-ethyl adjacent to an activating group) is 1. The standard InChI is InChI=1S/C16H17NO3/c1-11(18)13-9-8-12-6-4-5-7-14(12)16(13)20-10-15(19)17(2)3/h4-9H,10H2,1-3H3. The van der Waals surface area contributed by atoms with Crippen molar-refractivity contribution in [1.82, 2.24) is 4.90 Å². The van der Waals surface area contributed by atoms with E-state index in [1.807, 2.05) is 30.3 Å². The zero-order valence-corrected chi connectivity index (χ0v) is 11.8. The third-order valence-corrected chi connectivity index (χ3v) is 3.10. The van der Waals surface area contributed by atoms with Crippen LogP contribution in [0.2, 0.25) is 0 Å². The van der Waals surface area contributed by atoms with Gasteiger partial charge in [-0.1, -0.05) is 30.3 Å². The summed E-state index contributed by atoms with van der Waals surface area (Å²) in [7, 11) is 3.33. The van der Waals surface area contributed by atoms with Crippen molar-refractivity contribution in [3.8, 4) is 5.75 Å². The fraction of sp³-hybridized carbons (Fsp3) is 0.250. The van der Waals surface area contributed by atoms with Gasteiger partial charge in [0.15, 0.2) is 12.4 Å². The normalized spacial score (nSPS) is 10.3. The number of hydrogen-bond acceptors (Lipinski definition) is 3. The number of carbonyl (C=O) groups is 2. The van der Waals surface area contributed by atoms with E-state index in [1.165, 1.54) is 11.8 Å². The molecule has 0 spiro atoms. The van der Waals surface area contributed by atoms with Gasteiger partial charge >= 0.3 is 0 Å². The molecule has 104 valence electrons. The summed E-state index contributed by atoms with van der Waals surface area (Å²) in [6, 6.07) is 11.3. The van der Waals surface area contributed by atoms with Crippen molar-refractivity contribution in [3.63, 3.8) is 0 Å². The SMILES string of the molecule is CC(=O)c1ccc2ccccc2c1OCC(=O)N(C)C. The summed E-state index contributed by atoms with van der Waals surface area (Å²) >= 11 is 0. The molecule has 4 nitrogen and oxygen atoms in total. The number of ether oxygens (including phenoxy) is 1. The molecule has 20 heavy (non-hydrogen) atoms. The Balaban J connectivity index is 2.44. The lowest BCUT2D eigenvalue weighted by Crippen LogP contribution is -2.27. The topological polar surface area (TPSA) is 46.6 Å². The molecule has 0 aliphatic heterocycles. The van der Waals surface area contributed by atoms with E-state index in [1.54, 1.807) is 20.2 Å². The molecular weight excluding hydrogens is 254 g/mol. The predicted octanol–water partition coefficient (Wildman–Crippen LogP) is 2.51. The van der Waals surface area contributed by atoms with Crippen LogP contribution in [0.25, 0.3) is 10.8 Å². The number of amides is 1. The van der Waals surface area contributed by atoms with Crippen LogP contribution in [0.15, 0.2) is 36.4 Å². The smallest absolute Gasteiger partial charge is 0.259 e. The molecule has 0 saturated carbocycles. The first-order chi connectivity index (χ1) is 9.50. The maximum atomic E-state index is 11.7. The lowest BCUT2D eigenvalue weighted by Gasteiger charge is -2.15. The van der Waals surface area contributed by atoms with E-state index < -0.39 is 0 Å². The molecule has 0 atom stereocenters. The molecule has 0 saturated heterocycles. The molecule has 0 bridgehead atoms. The van der Waals surface area contributed by atoms with Crippen molar-refractivity contribution in [2.75, 3.05) is 20.7 Å².